The van der Waals surface area contributed by atoms with Gasteiger partial charge in [0.15, 0.2) is 0 Å². The van der Waals surface area contributed by atoms with E-state index in [1.54, 1.807) is 24.5 Å². The van der Waals surface area contributed by atoms with Crippen LogP contribution in [-0.4, -0.2) is 15.0 Å². The van der Waals surface area contributed by atoms with Crippen LogP contribution in [0.1, 0.15) is 12.2 Å². The molecule has 0 aliphatic heterocycles. The van der Waals surface area contributed by atoms with Crippen molar-refractivity contribution in [3.8, 4) is 0 Å². The van der Waals surface area contributed by atoms with Crippen LogP contribution in [0.25, 0.3) is 0 Å². The summed E-state index contributed by atoms with van der Waals surface area (Å²) in [6.45, 7) is 0.284. The number of rotatable bonds is 7. The third kappa shape index (κ3) is 4.20. The molecule has 19 heavy (non-hydrogen) atoms. The van der Waals surface area contributed by atoms with Crippen molar-refractivity contribution in [1.82, 2.24) is 4.89 Å². The topological polar surface area (TPSA) is 68.5 Å². The minimum Gasteiger partial charge on any atom is -0.469 e. The maximum absolute atomic E-state index is 11.8. The van der Waals surface area contributed by atoms with Crippen LogP contribution in [-0.2, 0) is 21.3 Å². The first-order chi connectivity index (χ1) is 9.18. The minimum absolute atomic E-state index is 0.182. The maximum Gasteiger partial charge on any atom is 0.262 e. The lowest BCUT2D eigenvalue weighted by molar-refractivity contribution is 0.0905. The van der Waals surface area contributed by atoms with E-state index in [0.29, 0.717) is 12.8 Å². The molecule has 1 N–H and O–H groups in total. The largest absolute Gasteiger partial charge is 0.469 e. The number of hydrogen-bond acceptors (Lipinski definition) is 4. The Morgan fingerprint density at radius 3 is 2.58 bits per heavy atom. The first kappa shape index (κ1) is 13.8. The molecule has 0 spiro atoms. The Kier molecular flexibility index (Phi) is 4.73. The molecule has 0 saturated heterocycles. The highest BCUT2D eigenvalue weighted by Crippen LogP contribution is 2.07. The predicted octanol–water partition coefficient (Wildman–Crippen LogP) is 2.12. The number of nitrogens with one attached hydrogen (secondary N) is 1. The third-order valence-corrected chi connectivity index (χ3v) is 3.70. The zero-order valence-corrected chi connectivity index (χ0v) is 11.1. The van der Waals surface area contributed by atoms with Gasteiger partial charge in [-0.05, 0) is 30.7 Å². The standard InChI is InChI=1S/C13H15NO4S/c15-19(16,13-8-2-1-3-9-13)14-18-11-5-7-12-6-4-10-17-12/h1-4,6,8-10,14H,5,7,11H2. The molecule has 0 atom stereocenters. The zero-order valence-electron chi connectivity index (χ0n) is 10.3. The first-order valence-corrected chi connectivity index (χ1v) is 7.38. The lowest BCUT2D eigenvalue weighted by Crippen LogP contribution is -2.24. The van der Waals surface area contributed by atoms with Gasteiger partial charge in [-0.25, -0.2) is 8.42 Å². The van der Waals surface area contributed by atoms with E-state index in [1.165, 1.54) is 12.1 Å². The highest BCUT2D eigenvalue weighted by molar-refractivity contribution is 7.89. The number of hydrogen-bond donors (Lipinski definition) is 1. The Balaban J connectivity index is 1.73. The second kappa shape index (κ2) is 6.51. The van der Waals surface area contributed by atoms with Gasteiger partial charge in [0.05, 0.1) is 17.8 Å². The summed E-state index contributed by atoms with van der Waals surface area (Å²) < 4.78 is 28.7. The van der Waals surface area contributed by atoms with Crippen molar-refractivity contribution in [1.29, 1.82) is 0 Å². The van der Waals surface area contributed by atoms with Crippen LogP contribution >= 0.6 is 0 Å². The molecule has 0 fully saturated rings. The van der Waals surface area contributed by atoms with Crippen LogP contribution < -0.4 is 4.89 Å². The van der Waals surface area contributed by atoms with Crippen LogP contribution in [0.5, 0.6) is 0 Å². The second-order valence-electron chi connectivity index (χ2n) is 3.93. The Labute approximate surface area is 112 Å². The monoisotopic (exact) mass is 281 g/mol. The van der Waals surface area contributed by atoms with Gasteiger partial charge in [0.25, 0.3) is 10.0 Å². The quantitative estimate of drug-likeness (QED) is 0.623. The average Bonchev–Trinajstić information content (AvgIpc) is 2.92. The summed E-state index contributed by atoms with van der Waals surface area (Å²) in [4.78, 5) is 7.25. The first-order valence-electron chi connectivity index (χ1n) is 5.89. The van der Waals surface area contributed by atoms with Crippen LogP contribution in [0.3, 0.4) is 0 Å². The van der Waals surface area contributed by atoms with E-state index < -0.39 is 10.0 Å². The van der Waals surface area contributed by atoms with Gasteiger partial charge in [-0.2, -0.15) is 0 Å². The fraction of sp³-hybridized carbons (Fsp3) is 0.231. The lowest BCUT2D eigenvalue weighted by atomic mass is 10.3. The number of sulfonamides is 1. The molecule has 0 saturated carbocycles. The Morgan fingerprint density at radius 2 is 1.89 bits per heavy atom. The SMILES string of the molecule is O=S(=O)(NOCCCc1ccco1)c1ccccc1. The van der Waals surface area contributed by atoms with Crippen molar-refractivity contribution in [2.24, 2.45) is 0 Å². The van der Waals surface area contributed by atoms with Gasteiger partial charge in [0.1, 0.15) is 5.76 Å². The minimum atomic E-state index is -3.59. The van der Waals surface area contributed by atoms with E-state index in [9.17, 15) is 8.42 Å². The summed E-state index contributed by atoms with van der Waals surface area (Å²) >= 11 is 0. The van der Waals surface area contributed by atoms with Gasteiger partial charge < -0.3 is 4.42 Å². The fourth-order valence-electron chi connectivity index (χ4n) is 1.54. The molecule has 102 valence electrons. The highest BCUT2D eigenvalue weighted by atomic mass is 32.2. The number of benzene rings is 1. The molecule has 2 rings (SSSR count). The van der Waals surface area contributed by atoms with Gasteiger partial charge in [-0.1, -0.05) is 23.1 Å². The summed E-state index contributed by atoms with van der Waals surface area (Å²) in [5.41, 5.74) is 0. The molecule has 0 bridgehead atoms. The van der Waals surface area contributed by atoms with Crippen molar-refractivity contribution in [3.05, 3.63) is 54.5 Å². The van der Waals surface area contributed by atoms with E-state index in [-0.39, 0.29) is 11.5 Å². The molecule has 5 nitrogen and oxygen atoms in total. The van der Waals surface area contributed by atoms with Crippen molar-refractivity contribution in [2.45, 2.75) is 17.7 Å². The Morgan fingerprint density at radius 1 is 1.11 bits per heavy atom. The molecular formula is C13H15NO4S. The smallest absolute Gasteiger partial charge is 0.262 e. The van der Waals surface area contributed by atoms with Gasteiger partial charge in [-0.3, -0.25) is 4.84 Å². The molecule has 0 amide bonds. The van der Waals surface area contributed by atoms with Gasteiger partial charge >= 0.3 is 0 Å². The maximum atomic E-state index is 11.8. The molecule has 1 heterocycles. The molecule has 0 radical (unpaired) electrons. The summed E-state index contributed by atoms with van der Waals surface area (Å²) in [6, 6.07) is 11.8. The van der Waals surface area contributed by atoms with E-state index >= 15 is 0 Å². The Bertz CT molecular complexity index is 578. The molecule has 1 aromatic heterocycles. The van der Waals surface area contributed by atoms with Crippen molar-refractivity contribution >= 4 is 10.0 Å². The number of aryl methyl sites for hydroxylation is 1. The van der Waals surface area contributed by atoms with E-state index in [2.05, 4.69) is 4.89 Å². The summed E-state index contributed by atoms with van der Waals surface area (Å²) in [7, 11) is -3.59. The van der Waals surface area contributed by atoms with E-state index in [4.69, 9.17) is 9.25 Å². The zero-order chi connectivity index (χ0) is 13.6. The third-order valence-electron chi connectivity index (χ3n) is 2.47. The highest BCUT2D eigenvalue weighted by Gasteiger charge is 2.12. The molecule has 0 aliphatic rings. The van der Waals surface area contributed by atoms with Crippen LogP contribution in [0.2, 0.25) is 0 Å². The lowest BCUT2D eigenvalue weighted by Gasteiger charge is -2.06. The van der Waals surface area contributed by atoms with E-state index in [0.717, 1.165) is 5.76 Å². The molecule has 6 heteroatoms. The average molecular weight is 281 g/mol. The second-order valence-corrected chi connectivity index (χ2v) is 5.58. The molecule has 1 aromatic carbocycles. The number of furan rings is 1. The van der Waals surface area contributed by atoms with Crippen molar-refractivity contribution in [2.75, 3.05) is 6.61 Å². The summed E-state index contributed by atoms with van der Waals surface area (Å²) in [5.74, 6) is 0.856. The van der Waals surface area contributed by atoms with Crippen molar-refractivity contribution in [3.63, 3.8) is 0 Å². The van der Waals surface area contributed by atoms with Crippen LogP contribution in [0, 0.1) is 0 Å². The van der Waals surface area contributed by atoms with E-state index in [1.807, 2.05) is 12.1 Å². The van der Waals surface area contributed by atoms with Crippen LogP contribution in [0.4, 0.5) is 0 Å². The fourth-order valence-corrected chi connectivity index (χ4v) is 2.39. The normalized spacial score (nSPS) is 11.6. The van der Waals surface area contributed by atoms with Gasteiger partial charge in [0.2, 0.25) is 0 Å². The predicted molar refractivity (Wildman–Crippen MR) is 69.7 cm³/mol. The molecule has 0 aliphatic carbocycles. The van der Waals surface area contributed by atoms with Crippen molar-refractivity contribution < 1.29 is 17.7 Å². The summed E-state index contributed by atoms with van der Waals surface area (Å²) in [6.07, 6.45) is 2.99. The Hall–Kier alpha value is -1.63. The molecular weight excluding hydrogens is 266 g/mol. The van der Waals surface area contributed by atoms with Gasteiger partial charge in [-0.15, -0.1) is 0 Å². The summed E-state index contributed by atoms with van der Waals surface area (Å²) in [5, 5.41) is 0. The van der Waals surface area contributed by atoms with Gasteiger partial charge in [0, 0.05) is 6.42 Å². The molecule has 2 aromatic rings. The van der Waals surface area contributed by atoms with Crippen LogP contribution in [0.15, 0.2) is 58.0 Å². The molecule has 0 unspecified atom stereocenters.